The van der Waals surface area contributed by atoms with E-state index in [2.05, 4.69) is 19.2 Å². The fraction of sp³-hybridized carbons (Fsp3) is 0.462. The smallest absolute Gasteiger partial charge is 0.261 e. The molecule has 1 N–H and O–H groups in total. The minimum absolute atomic E-state index is 0.00786. The number of carbonyl (C=O) groups excluding carboxylic acids is 2. The third kappa shape index (κ3) is 7.08. The van der Waals surface area contributed by atoms with Crippen molar-refractivity contribution in [2.45, 2.75) is 72.0 Å². The summed E-state index contributed by atoms with van der Waals surface area (Å²) in [5.74, 6) is 0.0803. The molecule has 0 aliphatic carbocycles. The van der Waals surface area contributed by atoms with Gasteiger partial charge in [0.25, 0.3) is 5.91 Å². The lowest BCUT2D eigenvalue weighted by Gasteiger charge is -2.31. The van der Waals surface area contributed by atoms with E-state index in [1.54, 1.807) is 12.1 Å². The lowest BCUT2D eigenvalue weighted by atomic mass is 10.0. The maximum Gasteiger partial charge on any atom is 0.261 e. The number of rotatable bonds is 11. The number of hydrogen-bond acceptors (Lipinski definition) is 3. The normalized spacial score (nSPS) is 12.8. The molecule has 0 heterocycles. The van der Waals surface area contributed by atoms with Crippen LogP contribution in [0.2, 0.25) is 0 Å². The van der Waals surface area contributed by atoms with Gasteiger partial charge < -0.3 is 15.0 Å². The molecule has 0 saturated heterocycles. The average Bonchev–Trinajstić information content (AvgIpc) is 2.78. The Balaban J connectivity index is 2.24. The van der Waals surface area contributed by atoms with E-state index in [9.17, 15) is 14.0 Å². The van der Waals surface area contributed by atoms with E-state index in [-0.39, 0.29) is 42.7 Å². The molecule has 2 amide bonds. The summed E-state index contributed by atoms with van der Waals surface area (Å²) >= 11 is 0. The quantitative estimate of drug-likeness (QED) is 0.530. The van der Waals surface area contributed by atoms with Crippen LogP contribution in [0.25, 0.3) is 0 Å². The van der Waals surface area contributed by atoms with Gasteiger partial charge >= 0.3 is 0 Å². The van der Waals surface area contributed by atoms with Crippen LogP contribution in [0, 0.1) is 5.82 Å². The largest absolute Gasteiger partial charge is 0.483 e. The maximum atomic E-state index is 13.4. The Hall–Kier alpha value is -2.89. The van der Waals surface area contributed by atoms with Gasteiger partial charge in [0.1, 0.15) is 17.6 Å². The number of ether oxygens (including phenoxy) is 1. The molecule has 0 aromatic heterocycles. The van der Waals surface area contributed by atoms with Crippen LogP contribution < -0.4 is 10.1 Å². The fourth-order valence-corrected chi connectivity index (χ4v) is 3.46. The number of hydrogen-bond donors (Lipinski definition) is 1. The van der Waals surface area contributed by atoms with Gasteiger partial charge in [0.15, 0.2) is 6.61 Å². The van der Waals surface area contributed by atoms with Gasteiger partial charge in [-0.1, -0.05) is 58.0 Å². The monoisotopic (exact) mass is 442 g/mol. The lowest BCUT2D eigenvalue weighted by Crippen LogP contribution is -2.51. The molecule has 2 rings (SSSR count). The number of nitrogens with zero attached hydrogens (tertiary/aromatic N) is 1. The second-order valence-corrected chi connectivity index (χ2v) is 8.37. The van der Waals surface area contributed by atoms with E-state index in [1.165, 1.54) is 17.0 Å². The van der Waals surface area contributed by atoms with E-state index in [0.29, 0.717) is 12.2 Å². The van der Waals surface area contributed by atoms with Crippen molar-refractivity contribution in [2.24, 2.45) is 0 Å². The minimum atomic E-state index is -0.648. The number of amides is 2. The highest BCUT2D eigenvalue weighted by Gasteiger charge is 2.29. The zero-order valence-corrected chi connectivity index (χ0v) is 19.7. The third-order valence-electron chi connectivity index (χ3n) is 5.55. The summed E-state index contributed by atoms with van der Waals surface area (Å²) in [7, 11) is 0. The number of benzene rings is 2. The number of halogens is 1. The first kappa shape index (κ1) is 25.4. The summed E-state index contributed by atoms with van der Waals surface area (Å²) in [6.45, 7) is 9.95. The van der Waals surface area contributed by atoms with Crippen LogP contribution in [0.5, 0.6) is 5.75 Å². The van der Waals surface area contributed by atoms with Crippen LogP contribution in [0.3, 0.4) is 0 Å². The molecule has 2 aromatic carbocycles. The molecule has 5 nitrogen and oxygen atoms in total. The average molecular weight is 443 g/mol. The molecule has 2 atom stereocenters. The van der Waals surface area contributed by atoms with Crippen LogP contribution in [-0.2, 0) is 16.1 Å². The molecule has 0 aliphatic heterocycles. The molecule has 32 heavy (non-hydrogen) atoms. The van der Waals surface area contributed by atoms with Crippen LogP contribution in [0.4, 0.5) is 4.39 Å². The van der Waals surface area contributed by atoms with Crippen LogP contribution >= 0.6 is 0 Å². The Labute approximate surface area is 191 Å². The molecule has 0 spiro atoms. The summed E-state index contributed by atoms with van der Waals surface area (Å²) in [6.07, 6.45) is 1.25. The summed E-state index contributed by atoms with van der Waals surface area (Å²) in [5, 5.41) is 2.98. The van der Waals surface area contributed by atoms with Gasteiger partial charge in [-0.2, -0.15) is 0 Å². The highest BCUT2D eigenvalue weighted by molar-refractivity contribution is 5.88. The van der Waals surface area contributed by atoms with E-state index >= 15 is 0 Å². The third-order valence-corrected chi connectivity index (χ3v) is 5.55. The molecule has 174 valence electrons. The molecule has 0 radical (unpaired) electrons. The molecular formula is C26H35FN2O3. The maximum absolute atomic E-state index is 13.4. The van der Waals surface area contributed by atoms with Crippen molar-refractivity contribution in [3.63, 3.8) is 0 Å². The van der Waals surface area contributed by atoms with Gasteiger partial charge in [-0.25, -0.2) is 4.39 Å². The topological polar surface area (TPSA) is 58.6 Å². The second-order valence-electron chi connectivity index (χ2n) is 8.37. The van der Waals surface area contributed by atoms with Crippen molar-refractivity contribution in [1.29, 1.82) is 0 Å². The highest BCUT2D eigenvalue weighted by Crippen LogP contribution is 2.26. The first-order valence-electron chi connectivity index (χ1n) is 11.3. The van der Waals surface area contributed by atoms with Crippen LogP contribution in [0.15, 0.2) is 48.5 Å². The Morgan fingerprint density at radius 2 is 1.66 bits per heavy atom. The van der Waals surface area contributed by atoms with E-state index in [4.69, 9.17) is 4.74 Å². The van der Waals surface area contributed by atoms with Crippen molar-refractivity contribution in [3.05, 3.63) is 65.5 Å². The Kier molecular flexibility index (Phi) is 9.69. The SMILES string of the molecule is CC[C@@H](C)NC(=O)[C@H](CC)N(Cc1ccc(F)cc1)C(=O)COc1ccccc1C(C)C. The molecule has 0 aliphatic rings. The second kappa shape index (κ2) is 12.2. The number of nitrogens with one attached hydrogen (secondary N) is 1. The predicted molar refractivity (Wildman–Crippen MR) is 125 cm³/mol. The molecule has 6 heteroatoms. The van der Waals surface area contributed by atoms with E-state index in [1.807, 2.05) is 45.0 Å². The number of para-hydroxylation sites is 1. The molecule has 0 saturated carbocycles. The Morgan fingerprint density at radius 1 is 1.00 bits per heavy atom. The van der Waals surface area contributed by atoms with Crippen molar-refractivity contribution in [3.8, 4) is 5.75 Å². The van der Waals surface area contributed by atoms with Crippen molar-refractivity contribution < 1.29 is 18.7 Å². The van der Waals surface area contributed by atoms with Gasteiger partial charge in [-0.3, -0.25) is 9.59 Å². The Morgan fingerprint density at radius 3 is 2.25 bits per heavy atom. The standard InChI is InChI=1S/C26H35FN2O3/c1-6-19(5)28-26(31)23(7-2)29(16-20-12-14-21(27)15-13-20)25(30)17-32-24-11-9-8-10-22(24)18(3)4/h8-15,18-19,23H,6-7,16-17H2,1-5H3,(H,28,31)/t19-,23+/m1/s1. The fourth-order valence-electron chi connectivity index (χ4n) is 3.46. The summed E-state index contributed by atoms with van der Waals surface area (Å²) in [6, 6.07) is 13.0. The molecule has 0 bridgehead atoms. The first-order valence-corrected chi connectivity index (χ1v) is 11.3. The zero-order valence-electron chi connectivity index (χ0n) is 19.7. The summed E-state index contributed by atoms with van der Waals surface area (Å²) in [4.78, 5) is 27.8. The molecule has 2 aromatic rings. The van der Waals surface area contributed by atoms with Crippen molar-refractivity contribution in [1.82, 2.24) is 10.2 Å². The van der Waals surface area contributed by atoms with Crippen molar-refractivity contribution >= 4 is 11.8 Å². The van der Waals surface area contributed by atoms with Crippen LogP contribution in [0.1, 0.15) is 64.5 Å². The molecule has 0 unspecified atom stereocenters. The van der Waals surface area contributed by atoms with Gasteiger partial charge in [-0.05, 0) is 55.0 Å². The van der Waals surface area contributed by atoms with Crippen molar-refractivity contribution in [2.75, 3.05) is 6.61 Å². The summed E-state index contributed by atoms with van der Waals surface area (Å²) in [5.41, 5.74) is 1.77. The Bertz CT molecular complexity index is 883. The first-order chi connectivity index (χ1) is 15.3. The molecule has 0 fully saturated rings. The van der Waals surface area contributed by atoms with Gasteiger partial charge in [0.05, 0.1) is 0 Å². The minimum Gasteiger partial charge on any atom is -0.483 e. The van der Waals surface area contributed by atoms with Gasteiger partial charge in [0, 0.05) is 12.6 Å². The highest BCUT2D eigenvalue weighted by atomic mass is 19.1. The predicted octanol–water partition coefficient (Wildman–Crippen LogP) is 5.05. The number of carbonyl (C=O) groups is 2. The molecular weight excluding hydrogens is 407 g/mol. The van der Waals surface area contributed by atoms with Gasteiger partial charge in [-0.15, -0.1) is 0 Å². The van der Waals surface area contributed by atoms with E-state index in [0.717, 1.165) is 17.5 Å². The zero-order chi connectivity index (χ0) is 23.7. The van der Waals surface area contributed by atoms with E-state index < -0.39 is 6.04 Å². The van der Waals surface area contributed by atoms with Crippen LogP contribution in [-0.4, -0.2) is 35.4 Å². The summed E-state index contributed by atoms with van der Waals surface area (Å²) < 4.78 is 19.3. The lowest BCUT2D eigenvalue weighted by molar-refractivity contribution is -0.143. The van der Waals surface area contributed by atoms with Gasteiger partial charge in [0.2, 0.25) is 5.91 Å².